The van der Waals surface area contributed by atoms with Gasteiger partial charge in [-0.2, -0.15) is 0 Å². The standard InChI is InChI=1S/C16H29NO3/c1-13(2)7-3-6-10-17-14(18)11-16(12-15(19)20)8-4-5-9-16/h13H,3-12H2,1-2H3,(H,17,18)(H,19,20). The Labute approximate surface area is 122 Å². The Morgan fingerprint density at radius 2 is 1.80 bits per heavy atom. The summed E-state index contributed by atoms with van der Waals surface area (Å²) in [5.74, 6) is -0.0441. The summed E-state index contributed by atoms with van der Waals surface area (Å²) < 4.78 is 0. The molecule has 0 spiro atoms. The molecule has 1 amide bonds. The molecule has 0 unspecified atom stereocenters. The van der Waals surface area contributed by atoms with Gasteiger partial charge in [-0.05, 0) is 30.6 Å². The molecule has 1 rings (SSSR count). The van der Waals surface area contributed by atoms with Gasteiger partial charge in [0.2, 0.25) is 5.91 Å². The van der Waals surface area contributed by atoms with Crippen LogP contribution in [0.1, 0.15) is 71.6 Å². The average molecular weight is 283 g/mol. The van der Waals surface area contributed by atoms with Crippen LogP contribution in [-0.2, 0) is 9.59 Å². The van der Waals surface area contributed by atoms with Crippen LogP contribution in [0.5, 0.6) is 0 Å². The number of carboxylic acid groups (broad SMARTS) is 1. The van der Waals surface area contributed by atoms with Gasteiger partial charge in [0.1, 0.15) is 0 Å². The van der Waals surface area contributed by atoms with E-state index in [1.165, 1.54) is 6.42 Å². The van der Waals surface area contributed by atoms with Crippen LogP contribution in [0.3, 0.4) is 0 Å². The fourth-order valence-electron chi connectivity index (χ4n) is 3.17. The third-order valence-electron chi connectivity index (χ3n) is 4.26. The molecule has 0 saturated heterocycles. The number of hydrogen-bond donors (Lipinski definition) is 2. The Morgan fingerprint density at radius 3 is 2.35 bits per heavy atom. The summed E-state index contributed by atoms with van der Waals surface area (Å²) in [6.07, 6.45) is 7.70. The summed E-state index contributed by atoms with van der Waals surface area (Å²) in [5.41, 5.74) is -0.284. The summed E-state index contributed by atoms with van der Waals surface area (Å²) in [7, 11) is 0. The van der Waals surface area contributed by atoms with E-state index in [0.717, 1.165) is 38.5 Å². The minimum Gasteiger partial charge on any atom is -0.481 e. The lowest BCUT2D eigenvalue weighted by molar-refractivity contribution is -0.140. The first-order valence-electron chi connectivity index (χ1n) is 7.92. The van der Waals surface area contributed by atoms with E-state index < -0.39 is 5.97 Å². The molecule has 4 heteroatoms. The van der Waals surface area contributed by atoms with Gasteiger partial charge in [-0.15, -0.1) is 0 Å². The number of hydrogen-bond acceptors (Lipinski definition) is 2. The zero-order valence-electron chi connectivity index (χ0n) is 12.9. The first-order chi connectivity index (χ1) is 9.43. The fourth-order valence-corrected chi connectivity index (χ4v) is 3.17. The van der Waals surface area contributed by atoms with Crippen molar-refractivity contribution < 1.29 is 14.7 Å². The lowest BCUT2D eigenvalue weighted by atomic mass is 9.79. The zero-order valence-corrected chi connectivity index (χ0v) is 12.9. The molecular formula is C16H29NO3. The highest BCUT2D eigenvalue weighted by atomic mass is 16.4. The minimum atomic E-state index is -0.781. The number of carbonyl (C=O) groups excluding carboxylic acids is 1. The second-order valence-electron chi connectivity index (χ2n) is 6.69. The molecule has 0 radical (unpaired) electrons. The van der Waals surface area contributed by atoms with E-state index in [9.17, 15) is 9.59 Å². The SMILES string of the molecule is CC(C)CCCCNC(=O)CC1(CC(=O)O)CCCC1. The molecule has 0 aromatic rings. The van der Waals surface area contributed by atoms with E-state index >= 15 is 0 Å². The number of unbranched alkanes of at least 4 members (excludes halogenated alkanes) is 1. The van der Waals surface area contributed by atoms with Crippen LogP contribution in [0.25, 0.3) is 0 Å². The van der Waals surface area contributed by atoms with Crippen molar-refractivity contribution in [3.05, 3.63) is 0 Å². The molecule has 1 aliphatic carbocycles. The molecule has 116 valence electrons. The van der Waals surface area contributed by atoms with Crippen LogP contribution in [0.15, 0.2) is 0 Å². The monoisotopic (exact) mass is 283 g/mol. The first kappa shape index (κ1) is 17.0. The van der Waals surface area contributed by atoms with Gasteiger partial charge in [-0.1, -0.05) is 39.5 Å². The van der Waals surface area contributed by atoms with Crippen molar-refractivity contribution in [1.29, 1.82) is 0 Å². The van der Waals surface area contributed by atoms with Gasteiger partial charge in [0.15, 0.2) is 0 Å². The summed E-state index contributed by atoms with van der Waals surface area (Å²) >= 11 is 0. The van der Waals surface area contributed by atoms with Crippen molar-refractivity contribution >= 4 is 11.9 Å². The largest absolute Gasteiger partial charge is 0.481 e. The van der Waals surface area contributed by atoms with Crippen molar-refractivity contribution in [2.45, 2.75) is 71.6 Å². The van der Waals surface area contributed by atoms with Crippen LogP contribution >= 0.6 is 0 Å². The van der Waals surface area contributed by atoms with Gasteiger partial charge in [0.05, 0.1) is 6.42 Å². The van der Waals surface area contributed by atoms with Gasteiger partial charge in [-0.25, -0.2) is 0 Å². The number of amides is 1. The summed E-state index contributed by atoms with van der Waals surface area (Å²) in [6.45, 7) is 5.12. The molecule has 1 fully saturated rings. The summed E-state index contributed by atoms with van der Waals surface area (Å²) in [4.78, 5) is 23.0. The molecule has 0 bridgehead atoms. The van der Waals surface area contributed by atoms with E-state index in [4.69, 9.17) is 5.11 Å². The molecule has 1 saturated carbocycles. The normalized spacial score (nSPS) is 17.4. The topological polar surface area (TPSA) is 66.4 Å². The number of carboxylic acids is 1. The Morgan fingerprint density at radius 1 is 1.15 bits per heavy atom. The number of carbonyl (C=O) groups is 2. The second kappa shape index (κ2) is 8.28. The lowest BCUT2D eigenvalue weighted by Gasteiger charge is -2.26. The molecule has 20 heavy (non-hydrogen) atoms. The van der Waals surface area contributed by atoms with Gasteiger partial charge < -0.3 is 10.4 Å². The summed E-state index contributed by atoms with van der Waals surface area (Å²) in [5, 5.41) is 12.0. The molecule has 0 aromatic heterocycles. The quantitative estimate of drug-likeness (QED) is 0.638. The Balaban J connectivity index is 2.27. The van der Waals surface area contributed by atoms with Crippen LogP contribution < -0.4 is 5.32 Å². The van der Waals surface area contributed by atoms with Crippen molar-refractivity contribution in [2.24, 2.45) is 11.3 Å². The number of nitrogens with one attached hydrogen (secondary N) is 1. The maximum atomic E-state index is 12.0. The molecule has 0 aliphatic heterocycles. The third-order valence-corrected chi connectivity index (χ3v) is 4.26. The molecular weight excluding hydrogens is 254 g/mol. The van der Waals surface area contributed by atoms with E-state index in [1.807, 2.05) is 0 Å². The highest BCUT2D eigenvalue weighted by Crippen LogP contribution is 2.43. The lowest BCUT2D eigenvalue weighted by Crippen LogP contribution is -2.32. The van der Waals surface area contributed by atoms with Crippen LogP contribution in [0.4, 0.5) is 0 Å². The smallest absolute Gasteiger partial charge is 0.303 e. The fraction of sp³-hybridized carbons (Fsp3) is 0.875. The van der Waals surface area contributed by atoms with Gasteiger partial charge in [0, 0.05) is 13.0 Å². The van der Waals surface area contributed by atoms with Crippen molar-refractivity contribution in [2.75, 3.05) is 6.54 Å². The Hall–Kier alpha value is -1.06. The highest BCUT2D eigenvalue weighted by Gasteiger charge is 2.37. The van der Waals surface area contributed by atoms with E-state index in [2.05, 4.69) is 19.2 Å². The number of rotatable bonds is 9. The second-order valence-corrected chi connectivity index (χ2v) is 6.69. The molecule has 2 N–H and O–H groups in total. The average Bonchev–Trinajstić information content (AvgIpc) is 2.75. The molecule has 0 aromatic carbocycles. The predicted octanol–water partition coefficient (Wildman–Crippen LogP) is 3.35. The maximum Gasteiger partial charge on any atom is 0.303 e. The zero-order chi connectivity index (χ0) is 15.0. The first-order valence-corrected chi connectivity index (χ1v) is 7.92. The van der Waals surface area contributed by atoms with Crippen molar-refractivity contribution in [3.63, 3.8) is 0 Å². The van der Waals surface area contributed by atoms with E-state index in [1.54, 1.807) is 0 Å². The Kier molecular flexibility index (Phi) is 7.03. The highest BCUT2D eigenvalue weighted by molar-refractivity contribution is 5.78. The van der Waals surface area contributed by atoms with Crippen LogP contribution in [-0.4, -0.2) is 23.5 Å². The van der Waals surface area contributed by atoms with Crippen molar-refractivity contribution in [3.8, 4) is 0 Å². The van der Waals surface area contributed by atoms with Crippen LogP contribution in [0.2, 0.25) is 0 Å². The van der Waals surface area contributed by atoms with Gasteiger partial charge >= 0.3 is 5.97 Å². The third kappa shape index (κ3) is 6.40. The molecule has 0 atom stereocenters. The van der Waals surface area contributed by atoms with Gasteiger partial charge in [-0.3, -0.25) is 9.59 Å². The van der Waals surface area contributed by atoms with Crippen LogP contribution in [0, 0.1) is 11.3 Å². The van der Waals surface area contributed by atoms with E-state index in [-0.39, 0.29) is 17.7 Å². The van der Waals surface area contributed by atoms with Gasteiger partial charge in [0.25, 0.3) is 0 Å². The molecule has 0 heterocycles. The molecule has 4 nitrogen and oxygen atoms in total. The maximum absolute atomic E-state index is 12.0. The molecule has 1 aliphatic rings. The van der Waals surface area contributed by atoms with E-state index in [0.29, 0.717) is 18.9 Å². The minimum absolute atomic E-state index is 0.0256. The summed E-state index contributed by atoms with van der Waals surface area (Å²) in [6, 6.07) is 0. The predicted molar refractivity (Wildman–Crippen MR) is 79.5 cm³/mol. The Bertz CT molecular complexity index is 320. The number of aliphatic carboxylic acids is 1. The van der Waals surface area contributed by atoms with Crippen molar-refractivity contribution in [1.82, 2.24) is 5.32 Å².